The van der Waals surface area contributed by atoms with Crippen molar-refractivity contribution >= 4 is 8.19 Å². The molecule has 0 aromatic carbocycles. The summed E-state index contributed by atoms with van der Waals surface area (Å²) in [5.74, 6) is -0.127. The molecule has 5 heteroatoms. The molecule has 1 nitrogen and oxygen atoms in total. The summed E-state index contributed by atoms with van der Waals surface area (Å²) in [6.07, 6.45) is 2.36. The quantitative estimate of drug-likeness (QED) is 0.680. The summed E-state index contributed by atoms with van der Waals surface area (Å²) >= 11 is 0. The number of rotatable bonds is 2. The Morgan fingerprint density at radius 2 is 1.58 bits per heavy atom. The van der Waals surface area contributed by atoms with Gasteiger partial charge in [0.1, 0.15) is 0 Å². The van der Waals surface area contributed by atoms with E-state index in [0.717, 1.165) is 12.8 Å². The predicted molar refractivity (Wildman–Crippen MR) is 45.0 cm³/mol. The largest absolute Gasteiger partial charge is 0.569 e. The van der Waals surface area contributed by atoms with Gasteiger partial charge >= 0.3 is 8.19 Å². The van der Waals surface area contributed by atoms with Crippen molar-refractivity contribution in [2.75, 3.05) is 6.16 Å². The lowest BCUT2D eigenvalue weighted by atomic mass is 9.88. The molecule has 0 amide bonds. The molecule has 2 N–H and O–H groups in total. The zero-order valence-corrected chi connectivity index (χ0v) is 7.74. The summed E-state index contributed by atoms with van der Waals surface area (Å²) in [6.45, 7) is 0. The van der Waals surface area contributed by atoms with E-state index < -0.39 is 14.4 Å². The Balaban J connectivity index is 2.26. The maximum atomic E-state index is 12.0. The third-order valence-corrected chi connectivity index (χ3v) is 3.29. The van der Waals surface area contributed by atoms with Gasteiger partial charge < -0.3 is 5.73 Å². The third kappa shape index (κ3) is 3.72. The predicted octanol–water partition coefficient (Wildman–Crippen LogP) is 3.18. The van der Waals surface area contributed by atoms with Crippen LogP contribution >= 0.6 is 8.19 Å². The van der Waals surface area contributed by atoms with Crippen LogP contribution in [0.15, 0.2) is 0 Å². The third-order valence-electron chi connectivity index (χ3n) is 2.36. The summed E-state index contributed by atoms with van der Waals surface area (Å²) < 4.78 is 36.1. The second-order valence-electron chi connectivity index (χ2n) is 3.51. The van der Waals surface area contributed by atoms with Crippen LogP contribution in [0.25, 0.3) is 0 Å². The highest BCUT2D eigenvalue weighted by Gasteiger charge is 2.45. The number of hydrogen-bond acceptors (Lipinski definition) is 1. The van der Waals surface area contributed by atoms with Crippen LogP contribution in [0.5, 0.6) is 0 Å². The SMILES string of the molecule is NC1CCC(C[P+](F)(F)F)CC1. The second-order valence-corrected chi connectivity index (χ2v) is 4.98. The van der Waals surface area contributed by atoms with Gasteiger partial charge in [-0.15, -0.1) is 0 Å². The standard InChI is InChI=1S/C7H14F3NP/c8-12(9,10)5-6-1-3-7(11)4-2-6/h6-7H,1-5,11H2/q+1. The molecule has 1 fully saturated rings. The number of nitrogens with two attached hydrogens (primary N) is 1. The van der Waals surface area contributed by atoms with Gasteiger partial charge in [-0.25, -0.2) is 0 Å². The Morgan fingerprint density at radius 3 is 2.00 bits per heavy atom. The van der Waals surface area contributed by atoms with Crippen LogP contribution in [0.3, 0.4) is 0 Å². The monoisotopic (exact) mass is 200 g/mol. The molecule has 12 heavy (non-hydrogen) atoms. The average molecular weight is 200 g/mol. The van der Waals surface area contributed by atoms with Gasteiger partial charge in [0, 0.05) is 24.6 Å². The van der Waals surface area contributed by atoms with E-state index in [-0.39, 0.29) is 12.0 Å². The first kappa shape index (κ1) is 10.3. The zero-order valence-electron chi connectivity index (χ0n) is 6.85. The molecule has 1 saturated carbocycles. The Kier molecular flexibility index (Phi) is 3.36. The molecule has 0 bridgehead atoms. The maximum absolute atomic E-state index is 12.0. The van der Waals surface area contributed by atoms with E-state index in [1.807, 2.05) is 0 Å². The van der Waals surface area contributed by atoms with E-state index in [4.69, 9.17) is 5.73 Å². The van der Waals surface area contributed by atoms with Gasteiger partial charge in [0.25, 0.3) is 0 Å². The van der Waals surface area contributed by atoms with E-state index in [9.17, 15) is 12.6 Å². The molecule has 0 aromatic heterocycles. The number of hydrogen-bond donors (Lipinski definition) is 1. The molecule has 0 unspecified atom stereocenters. The van der Waals surface area contributed by atoms with Crippen molar-refractivity contribution in [1.82, 2.24) is 0 Å². The molecule has 0 aliphatic heterocycles. The molecule has 0 spiro atoms. The Hall–Kier alpha value is 0.180. The Bertz CT molecular complexity index is 140. The van der Waals surface area contributed by atoms with E-state index in [1.54, 1.807) is 0 Å². The second kappa shape index (κ2) is 3.93. The zero-order chi connectivity index (χ0) is 9.19. The van der Waals surface area contributed by atoms with Gasteiger partial charge in [0.15, 0.2) is 6.16 Å². The highest BCUT2D eigenvalue weighted by Crippen LogP contribution is 2.66. The van der Waals surface area contributed by atoms with Crippen LogP contribution in [0.4, 0.5) is 12.6 Å². The van der Waals surface area contributed by atoms with Crippen LogP contribution < -0.4 is 5.73 Å². The summed E-state index contributed by atoms with van der Waals surface area (Å²) in [5, 5.41) is 0. The highest BCUT2D eigenvalue weighted by atomic mass is 31.3. The van der Waals surface area contributed by atoms with Crippen molar-refractivity contribution in [1.29, 1.82) is 0 Å². The molecule has 0 atom stereocenters. The number of halogens is 3. The fourth-order valence-corrected chi connectivity index (χ4v) is 2.61. The summed E-state index contributed by atoms with van der Waals surface area (Å²) in [4.78, 5) is 0. The summed E-state index contributed by atoms with van der Waals surface area (Å²) in [6, 6.07) is 0.146. The van der Waals surface area contributed by atoms with Crippen molar-refractivity contribution in [3.05, 3.63) is 0 Å². The highest BCUT2D eigenvalue weighted by molar-refractivity contribution is 7.60. The molecule has 0 radical (unpaired) electrons. The maximum Gasteiger partial charge on any atom is 0.569 e. The normalized spacial score (nSPS) is 32.0. The first-order valence-corrected chi connectivity index (χ1v) is 5.84. The molecule has 72 valence electrons. The molecular formula is C7H14F3NP+. The van der Waals surface area contributed by atoms with E-state index in [0.29, 0.717) is 12.8 Å². The minimum atomic E-state index is -5.04. The van der Waals surface area contributed by atoms with E-state index >= 15 is 0 Å². The average Bonchev–Trinajstić information content (AvgIpc) is 1.91. The van der Waals surface area contributed by atoms with Gasteiger partial charge in [0.2, 0.25) is 0 Å². The Labute approximate surface area is 71.2 Å². The molecule has 0 heterocycles. The lowest BCUT2D eigenvalue weighted by Crippen LogP contribution is -2.27. The van der Waals surface area contributed by atoms with Crippen molar-refractivity contribution in [2.24, 2.45) is 11.7 Å². The van der Waals surface area contributed by atoms with Crippen molar-refractivity contribution in [3.63, 3.8) is 0 Å². The van der Waals surface area contributed by atoms with Crippen LogP contribution in [0.1, 0.15) is 25.7 Å². The molecule has 0 aromatic rings. The lowest BCUT2D eigenvalue weighted by molar-refractivity contribution is 0.341. The van der Waals surface area contributed by atoms with Gasteiger partial charge in [-0.2, -0.15) is 0 Å². The van der Waals surface area contributed by atoms with Crippen LogP contribution in [0.2, 0.25) is 0 Å². The molecule has 1 rings (SSSR count). The van der Waals surface area contributed by atoms with Crippen molar-refractivity contribution < 1.29 is 12.6 Å². The first-order valence-electron chi connectivity index (χ1n) is 4.20. The minimum absolute atomic E-state index is 0.127. The van der Waals surface area contributed by atoms with Crippen molar-refractivity contribution in [2.45, 2.75) is 31.7 Å². The van der Waals surface area contributed by atoms with Crippen LogP contribution in [-0.2, 0) is 0 Å². The topological polar surface area (TPSA) is 26.0 Å². The van der Waals surface area contributed by atoms with Gasteiger partial charge in [-0.1, -0.05) is 0 Å². The molecule has 1 aliphatic rings. The van der Waals surface area contributed by atoms with Gasteiger partial charge in [-0.3, -0.25) is 0 Å². The molecular weight excluding hydrogens is 186 g/mol. The molecule has 1 aliphatic carbocycles. The van der Waals surface area contributed by atoms with E-state index in [2.05, 4.69) is 0 Å². The minimum Gasteiger partial charge on any atom is -0.328 e. The molecule has 0 saturated heterocycles. The van der Waals surface area contributed by atoms with Gasteiger partial charge in [0.05, 0.1) is 0 Å². The summed E-state index contributed by atoms with van der Waals surface area (Å²) in [5.41, 5.74) is 5.59. The fourth-order valence-electron chi connectivity index (χ4n) is 1.66. The first-order chi connectivity index (χ1) is 5.47. The fraction of sp³-hybridized carbons (Fsp3) is 1.00. The lowest BCUT2D eigenvalue weighted by Gasteiger charge is -2.23. The van der Waals surface area contributed by atoms with Crippen molar-refractivity contribution in [3.8, 4) is 0 Å². The smallest absolute Gasteiger partial charge is 0.328 e. The summed E-state index contributed by atoms with van der Waals surface area (Å²) in [7, 11) is -5.04. The van der Waals surface area contributed by atoms with Gasteiger partial charge in [-0.05, 0) is 25.7 Å². The van der Waals surface area contributed by atoms with Crippen LogP contribution in [-0.4, -0.2) is 12.2 Å². The van der Waals surface area contributed by atoms with E-state index in [1.165, 1.54) is 0 Å². The van der Waals surface area contributed by atoms with Crippen LogP contribution in [0, 0.1) is 5.92 Å². The Morgan fingerprint density at radius 1 is 1.08 bits per heavy atom.